The number of benzene rings is 2. The quantitative estimate of drug-likeness (QED) is 0.462. The van der Waals surface area contributed by atoms with Gasteiger partial charge in [0.05, 0.1) is 17.2 Å². The van der Waals surface area contributed by atoms with E-state index in [0.717, 1.165) is 5.56 Å². The van der Waals surface area contributed by atoms with Crippen LogP contribution in [0.2, 0.25) is 5.02 Å². The van der Waals surface area contributed by atoms with Crippen molar-refractivity contribution in [1.82, 2.24) is 9.97 Å². The van der Waals surface area contributed by atoms with E-state index < -0.39 is 4.92 Å². The van der Waals surface area contributed by atoms with Gasteiger partial charge in [-0.25, -0.2) is 4.98 Å². The predicted octanol–water partition coefficient (Wildman–Crippen LogP) is 3.48. The van der Waals surface area contributed by atoms with E-state index in [2.05, 4.69) is 15.3 Å². The standard InChI is InChI=1S/C17H15ClN6O2/c18-11-6-4-10(5-7-11)15-14(22-17(20)23-16(15)19)9-21-12-2-1-3-13(8-12)24(25)26/h1-8,21H,9H2,(H4,19,20,22,23). The first-order valence-electron chi connectivity index (χ1n) is 7.60. The van der Waals surface area contributed by atoms with E-state index in [4.69, 9.17) is 23.1 Å². The molecule has 5 N–H and O–H groups in total. The molecule has 26 heavy (non-hydrogen) atoms. The lowest BCUT2D eigenvalue weighted by Crippen LogP contribution is -2.10. The van der Waals surface area contributed by atoms with Gasteiger partial charge in [0.25, 0.3) is 5.69 Å². The molecule has 0 saturated carbocycles. The molecule has 132 valence electrons. The molecule has 1 heterocycles. The van der Waals surface area contributed by atoms with Gasteiger partial charge in [0.2, 0.25) is 5.95 Å². The summed E-state index contributed by atoms with van der Waals surface area (Å²) in [5.41, 5.74) is 14.3. The molecule has 3 rings (SSSR count). The van der Waals surface area contributed by atoms with Crippen LogP contribution >= 0.6 is 11.6 Å². The van der Waals surface area contributed by atoms with E-state index in [9.17, 15) is 10.1 Å². The number of anilines is 3. The minimum Gasteiger partial charge on any atom is -0.383 e. The van der Waals surface area contributed by atoms with Gasteiger partial charge in [0.1, 0.15) is 5.82 Å². The van der Waals surface area contributed by atoms with Crippen LogP contribution in [0.3, 0.4) is 0 Å². The summed E-state index contributed by atoms with van der Waals surface area (Å²) in [5, 5.41) is 14.6. The molecule has 0 radical (unpaired) electrons. The topological polar surface area (TPSA) is 133 Å². The molecule has 1 aromatic heterocycles. The number of nitrogens with two attached hydrogens (primary N) is 2. The Hall–Kier alpha value is -3.39. The second kappa shape index (κ2) is 7.24. The molecule has 0 bridgehead atoms. The maximum absolute atomic E-state index is 10.9. The highest BCUT2D eigenvalue weighted by Crippen LogP contribution is 2.30. The zero-order valence-electron chi connectivity index (χ0n) is 13.5. The van der Waals surface area contributed by atoms with Gasteiger partial charge in [-0.15, -0.1) is 0 Å². The van der Waals surface area contributed by atoms with Crippen molar-refractivity contribution >= 4 is 34.7 Å². The van der Waals surface area contributed by atoms with Crippen molar-refractivity contribution in [2.75, 3.05) is 16.8 Å². The zero-order chi connectivity index (χ0) is 18.7. The zero-order valence-corrected chi connectivity index (χ0v) is 14.3. The number of non-ortho nitro benzene ring substituents is 1. The SMILES string of the molecule is Nc1nc(N)c(-c2ccc(Cl)cc2)c(CNc2cccc([N+](=O)[O-])c2)n1. The summed E-state index contributed by atoms with van der Waals surface area (Å²) in [6, 6.07) is 13.3. The van der Waals surface area contributed by atoms with Gasteiger partial charge in [-0.3, -0.25) is 10.1 Å². The molecule has 0 aliphatic rings. The Morgan fingerprint density at radius 1 is 1.12 bits per heavy atom. The molecule has 9 heteroatoms. The number of nitrogens with zero attached hydrogens (tertiary/aromatic N) is 3. The van der Waals surface area contributed by atoms with E-state index in [0.29, 0.717) is 22.0 Å². The summed E-state index contributed by atoms with van der Waals surface area (Å²) in [5.74, 6) is 0.298. The minimum atomic E-state index is -0.453. The van der Waals surface area contributed by atoms with Crippen LogP contribution in [-0.2, 0) is 6.54 Å². The number of nitrogen functional groups attached to an aromatic ring is 2. The molecule has 0 amide bonds. The van der Waals surface area contributed by atoms with Crippen molar-refractivity contribution in [3.63, 3.8) is 0 Å². The average Bonchev–Trinajstić information content (AvgIpc) is 2.61. The summed E-state index contributed by atoms with van der Waals surface area (Å²) in [6.07, 6.45) is 0. The second-order valence-electron chi connectivity index (χ2n) is 5.46. The highest BCUT2D eigenvalue weighted by atomic mass is 35.5. The summed E-state index contributed by atoms with van der Waals surface area (Å²) in [7, 11) is 0. The number of hydrogen-bond donors (Lipinski definition) is 3. The predicted molar refractivity (Wildman–Crippen MR) is 102 cm³/mol. The normalized spacial score (nSPS) is 10.5. The lowest BCUT2D eigenvalue weighted by Gasteiger charge is -2.13. The van der Waals surface area contributed by atoms with Crippen LogP contribution in [0.4, 0.5) is 23.1 Å². The Morgan fingerprint density at radius 3 is 2.54 bits per heavy atom. The minimum absolute atomic E-state index is 0.00496. The number of aromatic nitrogens is 2. The first kappa shape index (κ1) is 17.4. The molecular formula is C17H15ClN6O2. The number of nitro groups is 1. The summed E-state index contributed by atoms with van der Waals surface area (Å²) < 4.78 is 0. The van der Waals surface area contributed by atoms with Gasteiger partial charge in [-0.2, -0.15) is 4.98 Å². The lowest BCUT2D eigenvalue weighted by atomic mass is 10.0. The molecule has 0 aliphatic heterocycles. The van der Waals surface area contributed by atoms with Crippen LogP contribution in [0.25, 0.3) is 11.1 Å². The summed E-state index contributed by atoms with van der Waals surface area (Å²) in [4.78, 5) is 18.7. The van der Waals surface area contributed by atoms with Gasteiger partial charge in [0.15, 0.2) is 0 Å². The number of hydrogen-bond acceptors (Lipinski definition) is 7. The fraction of sp³-hybridized carbons (Fsp3) is 0.0588. The number of halogens is 1. The number of nitro benzene ring substituents is 1. The molecule has 0 saturated heterocycles. The Bertz CT molecular complexity index is 962. The maximum Gasteiger partial charge on any atom is 0.271 e. The monoisotopic (exact) mass is 370 g/mol. The van der Waals surface area contributed by atoms with Gasteiger partial charge in [0, 0.05) is 28.4 Å². The highest BCUT2D eigenvalue weighted by Gasteiger charge is 2.14. The Labute approximate surface area is 154 Å². The third-order valence-electron chi connectivity index (χ3n) is 3.68. The molecule has 0 aliphatic carbocycles. The Morgan fingerprint density at radius 2 is 1.85 bits per heavy atom. The number of rotatable bonds is 5. The molecule has 0 spiro atoms. The Kier molecular flexibility index (Phi) is 4.85. The average molecular weight is 371 g/mol. The summed E-state index contributed by atoms with van der Waals surface area (Å²) in [6.45, 7) is 0.260. The van der Waals surface area contributed by atoms with E-state index >= 15 is 0 Å². The van der Waals surface area contributed by atoms with Crippen LogP contribution in [-0.4, -0.2) is 14.9 Å². The Balaban J connectivity index is 1.93. The van der Waals surface area contributed by atoms with E-state index in [1.807, 2.05) is 12.1 Å². The van der Waals surface area contributed by atoms with Crippen LogP contribution < -0.4 is 16.8 Å². The molecule has 0 fully saturated rings. The maximum atomic E-state index is 10.9. The van der Waals surface area contributed by atoms with Gasteiger partial charge in [-0.05, 0) is 23.8 Å². The fourth-order valence-electron chi connectivity index (χ4n) is 2.52. The molecule has 0 atom stereocenters. The van der Waals surface area contributed by atoms with Crippen molar-refractivity contribution in [2.24, 2.45) is 0 Å². The van der Waals surface area contributed by atoms with E-state index in [1.54, 1.807) is 24.3 Å². The summed E-state index contributed by atoms with van der Waals surface area (Å²) >= 11 is 5.94. The van der Waals surface area contributed by atoms with E-state index in [1.165, 1.54) is 12.1 Å². The van der Waals surface area contributed by atoms with Crippen LogP contribution in [0, 0.1) is 10.1 Å². The van der Waals surface area contributed by atoms with Crippen molar-refractivity contribution in [3.05, 3.63) is 69.4 Å². The first-order chi connectivity index (χ1) is 12.4. The molecular weight excluding hydrogens is 356 g/mol. The van der Waals surface area contributed by atoms with Crippen molar-refractivity contribution in [2.45, 2.75) is 6.54 Å². The van der Waals surface area contributed by atoms with Gasteiger partial charge >= 0.3 is 0 Å². The van der Waals surface area contributed by atoms with Crippen molar-refractivity contribution in [3.8, 4) is 11.1 Å². The molecule has 2 aromatic carbocycles. The largest absolute Gasteiger partial charge is 0.383 e. The van der Waals surface area contributed by atoms with Gasteiger partial charge < -0.3 is 16.8 Å². The second-order valence-corrected chi connectivity index (χ2v) is 5.89. The van der Waals surface area contributed by atoms with Crippen LogP contribution in [0.5, 0.6) is 0 Å². The van der Waals surface area contributed by atoms with Gasteiger partial charge in [-0.1, -0.05) is 29.8 Å². The van der Waals surface area contributed by atoms with E-state index in [-0.39, 0.29) is 24.0 Å². The smallest absolute Gasteiger partial charge is 0.271 e. The van der Waals surface area contributed by atoms with Crippen LogP contribution in [0.1, 0.15) is 5.69 Å². The van der Waals surface area contributed by atoms with Crippen molar-refractivity contribution < 1.29 is 4.92 Å². The molecule has 0 unspecified atom stereocenters. The highest BCUT2D eigenvalue weighted by molar-refractivity contribution is 6.30. The molecule has 3 aromatic rings. The van der Waals surface area contributed by atoms with Crippen LogP contribution in [0.15, 0.2) is 48.5 Å². The third kappa shape index (κ3) is 3.81. The fourth-order valence-corrected chi connectivity index (χ4v) is 2.65. The lowest BCUT2D eigenvalue weighted by molar-refractivity contribution is -0.384. The first-order valence-corrected chi connectivity index (χ1v) is 7.98. The van der Waals surface area contributed by atoms with Crippen molar-refractivity contribution in [1.29, 1.82) is 0 Å². The third-order valence-corrected chi connectivity index (χ3v) is 3.93. The molecule has 8 nitrogen and oxygen atoms in total. The number of nitrogens with one attached hydrogen (secondary N) is 1.